The van der Waals surface area contributed by atoms with Gasteiger partial charge >= 0.3 is 0 Å². The minimum absolute atomic E-state index is 0.0388. The van der Waals surface area contributed by atoms with Gasteiger partial charge in [0, 0.05) is 13.1 Å². The summed E-state index contributed by atoms with van der Waals surface area (Å²) in [4.78, 5) is 0.0484. The molecule has 0 N–H and O–H groups in total. The highest BCUT2D eigenvalue weighted by molar-refractivity contribution is 7.89. The van der Waals surface area contributed by atoms with Crippen molar-refractivity contribution in [1.29, 1.82) is 0 Å². The summed E-state index contributed by atoms with van der Waals surface area (Å²) in [5.41, 5.74) is 0. The Kier molecular flexibility index (Phi) is 4.06. The summed E-state index contributed by atoms with van der Waals surface area (Å²) in [5, 5.41) is 0.333. The number of halogens is 2. The summed E-state index contributed by atoms with van der Waals surface area (Å²) in [6, 6.07) is 2.90. The van der Waals surface area contributed by atoms with Gasteiger partial charge in [-0.25, -0.2) is 8.42 Å². The van der Waals surface area contributed by atoms with Crippen molar-refractivity contribution in [3.63, 3.8) is 0 Å². The smallest absolute Gasteiger partial charge is 0.244 e. The molecule has 1 aliphatic heterocycles. The average Bonchev–Trinajstić information content (AvgIpc) is 2.83. The van der Waals surface area contributed by atoms with Gasteiger partial charge in [0.25, 0.3) is 0 Å². The number of sulfonamides is 1. The first kappa shape index (κ1) is 13.9. The first-order chi connectivity index (χ1) is 8.48. The van der Waals surface area contributed by atoms with Crippen molar-refractivity contribution >= 4 is 33.2 Å². The molecule has 7 heteroatoms. The van der Waals surface area contributed by atoms with Crippen LogP contribution in [0, 0.1) is 0 Å². The molecule has 18 heavy (non-hydrogen) atoms. The molecule has 4 nitrogen and oxygen atoms in total. The monoisotopic (exact) mass is 309 g/mol. The van der Waals surface area contributed by atoms with Gasteiger partial charge in [0.1, 0.15) is 9.92 Å². The van der Waals surface area contributed by atoms with Crippen molar-refractivity contribution in [2.24, 2.45) is 0 Å². The van der Waals surface area contributed by atoms with Gasteiger partial charge in [-0.2, -0.15) is 4.31 Å². The quantitative estimate of drug-likeness (QED) is 0.862. The number of nitrogens with zero attached hydrogens (tertiary/aromatic N) is 1. The first-order valence-corrected chi connectivity index (χ1v) is 7.70. The van der Waals surface area contributed by atoms with Crippen LogP contribution < -0.4 is 4.74 Å². The number of ether oxygens (including phenoxy) is 1. The van der Waals surface area contributed by atoms with Gasteiger partial charge < -0.3 is 4.74 Å². The fourth-order valence-electron chi connectivity index (χ4n) is 1.97. The average molecular weight is 310 g/mol. The predicted molar refractivity (Wildman–Crippen MR) is 71.0 cm³/mol. The highest BCUT2D eigenvalue weighted by atomic mass is 35.5. The van der Waals surface area contributed by atoms with E-state index in [9.17, 15) is 8.42 Å². The van der Waals surface area contributed by atoms with E-state index in [-0.39, 0.29) is 15.7 Å². The predicted octanol–water partition coefficient (Wildman–Crippen LogP) is 2.79. The van der Waals surface area contributed by atoms with Crippen molar-refractivity contribution in [2.75, 3.05) is 20.2 Å². The highest BCUT2D eigenvalue weighted by Crippen LogP contribution is 2.38. The Labute approximate surface area is 116 Å². The Hall–Kier alpha value is -0.490. The van der Waals surface area contributed by atoms with Gasteiger partial charge in [-0.15, -0.1) is 0 Å². The molecule has 0 radical (unpaired) electrons. The second-order valence-electron chi connectivity index (χ2n) is 4.00. The van der Waals surface area contributed by atoms with Crippen molar-refractivity contribution < 1.29 is 13.2 Å². The normalized spacial score (nSPS) is 17.1. The summed E-state index contributed by atoms with van der Waals surface area (Å²) < 4.78 is 31.2. The molecule has 1 fully saturated rings. The van der Waals surface area contributed by atoms with Crippen LogP contribution in [0.15, 0.2) is 17.0 Å². The van der Waals surface area contributed by atoms with Crippen LogP contribution in [0.3, 0.4) is 0 Å². The van der Waals surface area contributed by atoms with Gasteiger partial charge in [-0.1, -0.05) is 23.2 Å². The number of hydrogen-bond acceptors (Lipinski definition) is 3. The largest absolute Gasteiger partial charge is 0.494 e. The number of hydrogen-bond donors (Lipinski definition) is 0. The molecule has 1 saturated heterocycles. The van der Waals surface area contributed by atoms with E-state index in [2.05, 4.69) is 0 Å². The van der Waals surface area contributed by atoms with Crippen LogP contribution in [0.2, 0.25) is 10.0 Å². The molecule has 1 aliphatic rings. The molecule has 1 aromatic carbocycles. The van der Waals surface area contributed by atoms with Crippen LogP contribution in [-0.4, -0.2) is 32.9 Å². The Balaban J connectivity index is 2.51. The zero-order chi connectivity index (χ0) is 13.3. The van der Waals surface area contributed by atoms with Crippen LogP contribution in [-0.2, 0) is 10.0 Å². The minimum Gasteiger partial charge on any atom is -0.494 e. The molecule has 1 heterocycles. The van der Waals surface area contributed by atoms with Crippen molar-refractivity contribution in [2.45, 2.75) is 17.7 Å². The molecule has 0 bridgehead atoms. The van der Waals surface area contributed by atoms with E-state index in [0.29, 0.717) is 18.1 Å². The summed E-state index contributed by atoms with van der Waals surface area (Å²) in [5.74, 6) is 0.193. The molecule has 0 unspecified atom stereocenters. The second kappa shape index (κ2) is 5.25. The number of methoxy groups -OCH3 is 1. The van der Waals surface area contributed by atoms with E-state index in [1.54, 1.807) is 0 Å². The molecule has 0 spiro atoms. The molecular formula is C11H13Cl2NO3S. The second-order valence-corrected chi connectivity index (χ2v) is 6.70. The molecule has 2 rings (SSSR count). The van der Waals surface area contributed by atoms with Crippen LogP contribution >= 0.6 is 23.2 Å². The third kappa shape index (κ3) is 2.32. The Morgan fingerprint density at radius 1 is 1.22 bits per heavy atom. The van der Waals surface area contributed by atoms with Crippen molar-refractivity contribution in [3.8, 4) is 5.75 Å². The van der Waals surface area contributed by atoms with Crippen molar-refractivity contribution in [1.82, 2.24) is 4.31 Å². The zero-order valence-electron chi connectivity index (χ0n) is 9.82. The lowest BCUT2D eigenvalue weighted by Gasteiger charge is -2.17. The molecule has 100 valence electrons. The topological polar surface area (TPSA) is 46.6 Å². The van der Waals surface area contributed by atoms with E-state index >= 15 is 0 Å². The number of benzene rings is 1. The van der Waals surface area contributed by atoms with E-state index in [0.717, 1.165) is 12.8 Å². The third-order valence-corrected chi connectivity index (χ3v) is 5.63. The number of rotatable bonds is 3. The molecule has 0 aromatic heterocycles. The fraction of sp³-hybridized carbons (Fsp3) is 0.455. The third-order valence-electron chi connectivity index (χ3n) is 2.90. The molecule has 0 amide bonds. The lowest BCUT2D eigenvalue weighted by Crippen LogP contribution is -2.28. The Bertz CT molecular complexity index is 554. The zero-order valence-corrected chi connectivity index (χ0v) is 12.1. The van der Waals surface area contributed by atoms with Crippen LogP contribution in [0.25, 0.3) is 0 Å². The summed E-state index contributed by atoms with van der Waals surface area (Å²) in [6.07, 6.45) is 1.75. The highest BCUT2D eigenvalue weighted by Gasteiger charge is 2.30. The lowest BCUT2D eigenvalue weighted by atomic mass is 10.3. The molecule has 0 saturated carbocycles. The molecule has 0 aliphatic carbocycles. The lowest BCUT2D eigenvalue weighted by molar-refractivity contribution is 0.413. The maximum absolute atomic E-state index is 12.4. The van der Waals surface area contributed by atoms with Gasteiger partial charge in [0.2, 0.25) is 10.0 Å². The first-order valence-electron chi connectivity index (χ1n) is 5.50. The standard InChI is InChI=1S/C11H13Cl2NO3S/c1-17-11-8(12)4-5-9(10(11)13)18(15,16)14-6-2-3-7-14/h4-5H,2-3,6-7H2,1H3. The van der Waals surface area contributed by atoms with Crippen LogP contribution in [0.1, 0.15) is 12.8 Å². The minimum atomic E-state index is -3.56. The summed E-state index contributed by atoms with van der Waals surface area (Å²) in [7, 11) is -2.15. The van der Waals surface area contributed by atoms with Crippen LogP contribution in [0.4, 0.5) is 0 Å². The van der Waals surface area contributed by atoms with Gasteiger partial charge in [0.05, 0.1) is 12.1 Å². The van der Waals surface area contributed by atoms with Gasteiger partial charge in [-0.3, -0.25) is 0 Å². The maximum atomic E-state index is 12.4. The van der Waals surface area contributed by atoms with E-state index in [4.69, 9.17) is 27.9 Å². The Morgan fingerprint density at radius 2 is 1.83 bits per heavy atom. The van der Waals surface area contributed by atoms with E-state index in [1.165, 1.54) is 23.5 Å². The van der Waals surface area contributed by atoms with Crippen molar-refractivity contribution in [3.05, 3.63) is 22.2 Å². The maximum Gasteiger partial charge on any atom is 0.244 e. The SMILES string of the molecule is COc1c(Cl)ccc(S(=O)(=O)N2CCCC2)c1Cl. The van der Waals surface area contributed by atoms with Gasteiger partial charge in [0.15, 0.2) is 5.75 Å². The van der Waals surface area contributed by atoms with Gasteiger partial charge in [-0.05, 0) is 25.0 Å². The summed E-state index contributed by atoms with van der Waals surface area (Å²) >= 11 is 12.0. The van der Waals surface area contributed by atoms with E-state index < -0.39 is 10.0 Å². The molecule has 0 atom stereocenters. The Morgan fingerprint density at radius 3 is 2.39 bits per heavy atom. The van der Waals surface area contributed by atoms with E-state index in [1.807, 2.05) is 0 Å². The summed E-state index contributed by atoms with van der Waals surface area (Å²) in [6.45, 7) is 1.06. The van der Waals surface area contributed by atoms with Crippen LogP contribution in [0.5, 0.6) is 5.75 Å². The fourth-order valence-corrected chi connectivity index (χ4v) is 4.36. The molecule has 1 aromatic rings. The molecular weight excluding hydrogens is 297 g/mol.